The molecule has 0 aliphatic carbocycles. The number of hydrogen-bond donors (Lipinski definition) is 1. The zero-order chi connectivity index (χ0) is 12.8. The van der Waals surface area contributed by atoms with Crippen molar-refractivity contribution in [2.24, 2.45) is 0 Å². The molecule has 3 nitrogen and oxygen atoms in total. The van der Waals surface area contributed by atoms with E-state index < -0.39 is 0 Å². The van der Waals surface area contributed by atoms with Crippen molar-refractivity contribution < 1.29 is 4.79 Å². The number of rotatable bonds is 4. The van der Waals surface area contributed by atoms with Crippen molar-refractivity contribution in [1.82, 2.24) is 5.32 Å². The number of carbonyl (C=O) groups is 1. The van der Waals surface area contributed by atoms with Gasteiger partial charge in [0.25, 0.3) is 5.91 Å². The summed E-state index contributed by atoms with van der Waals surface area (Å²) in [4.78, 5) is 13.8. The number of thiophene rings is 2. The fourth-order valence-corrected chi connectivity index (χ4v) is 2.64. The van der Waals surface area contributed by atoms with Crippen LogP contribution >= 0.6 is 22.7 Å². The molecule has 0 saturated carbocycles. The molecule has 0 atom stereocenters. The second-order valence-corrected chi connectivity index (χ2v) is 5.46. The molecule has 1 N–H and O–H groups in total. The summed E-state index contributed by atoms with van der Waals surface area (Å²) < 4.78 is 0. The fourth-order valence-electron chi connectivity index (χ4n) is 1.34. The van der Waals surface area contributed by atoms with Gasteiger partial charge in [0.05, 0.1) is 6.54 Å². The standard InChI is InChI=1S/C13H10N2OS2/c14-8-10(7-11-3-1-5-17-11)13(16)15-9-12-4-2-6-18-12/h1-7H,9H2,(H,15,16). The molecule has 2 rings (SSSR count). The van der Waals surface area contributed by atoms with Gasteiger partial charge in [0.1, 0.15) is 11.6 Å². The van der Waals surface area contributed by atoms with Crippen molar-refractivity contribution in [1.29, 1.82) is 5.26 Å². The largest absolute Gasteiger partial charge is 0.347 e. The van der Waals surface area contributed by atoms with E-state index in [1.54, 1.807) is 17.4 Å². The smallest absolute Gasteiger partial charge is 0.262 e. The Labute approximate surface area is 113 Å². The van der Waals surface area contributed by atoms with E-state index in [9.17, 15) is 4.79 Å². The number of hydrogen-bond acceptors (Lipinski definition) is 4. The Kier molecular flexibility index (Phi) is 4.29. The Morgan fingerprint density at radius 2 is 2.11 bits per heavy atom. The van der Waals surface area contributed by atoms with E-state index in [4.69, 9.17) is 5.26 Å². The van der Waals surface area contributed by atoms with Crippen molar-refractivity contribution in [3.05, 3.63) is 50.4 Å². The second kappa shape index (κ2) is 6.15. The zero-order valence-electron chi connectivity index (χ0n) is 9.42. The van der Waals surface area contributed by atoms with Gasteiger partial charge in [0.15, 0.2) is 0 Å². The molecule has 2 aromatic rings. The van der Waals surface area contributed by atoms with E-state index in [0.717, 1.165) is 9.75 Å². The third-order valence-corrected chi connectivity index (χ3v) is 3.89. The highest BCUT2D eigenvalue weighted by Gasteiger charge is 2.09. The van der Waals surface area contributed by atoms with Crippen molar-refractivity contribution in [3.8, 4) is 6.07 Å². The number of nitrogens with one attached hydrogen (secondary N) is 1. The average molecular weight is 274 g/mol. The molecule has 0 saturated heterocycles. The molecule has 0 bridgehead atoms. The lowest BCUT2D eigenvalue weighted by Crippen LogP contribution is -2.23. The predicted octanol–water partition coefficient (Wildman–Crippen LogP) is 3.03. The van der Waals surface area contributed by atoms with Crippen LogP contribution in [-0.4, -0.2) is 5.91 Å². The molecule has 0 unspecified atom stereocenters. The first-order valence-electron chi connectivity index (χ1n) is 5.25. The van der Waals surface area contributed by atoms with Crippen LogP contribution in [0.5, 0.6) is 0 Å². The highest BCUT2D eigenvalue weighted by Crippen LogP contribution is 2.13. The van der Waals surface area contributed by atoms with Crippen molar-refractivity contribution >= 4 is 34.7 Å². The Morgan fingerprint density at radius 3 is 2.72 bits per heavy atom. The topological polar surface area (TPSA) is 52.9 Å². The molecule has 2 heterocycles. The van der Waals surface area contributed by atoms with E-state index in [1.165, 1.54) is 11.3 Å². The summed E-state index contributed by atoms with van der Waals surface area (Å²) in [6, 6.07) is 9.56. The second-order valence-electron chi connectivity index (χ2n) is 3.45. The molecule has 0 aromatic carbocycles. The van der Waals surface area contributed by atoms with Crippen LogP contribution in [0.15, 0.2) is 40.6 Å². The van der Waals surface area contributed by atoms with E-state index in [-0.39, 0.29) is 11.5 Å². The Balaban J connectivity index is 2.00. The molecule has 5 heteroatoms. The lowest BCUT2D eigenvalue weighted by Gasteiger charge is -2.01. The Morgan fingerprint density at radius 1 is 1.33 bits per heavy atom. The van der Waals surface area contributed by atoms with Gasteiger partial charge < -0.3 is 5.32 Å². The number of nitrogens with zero attached hydrogens (tertiary/aromatic N) is 1. The van der Waals surface area contributed by atoms with Crippen LogP contribution in [-0.2, 0) is 11.3 Å². The first kappa shape index (κ1) is 12.6. The third kappa shape index (κ3) is 3.29. The molecule has 90 valence electrons. The van der Waals surface area contributed by atoms with Crippen LogP contribution in [0.1, 0.15) is 9.75 Å². The maximum absolute atomic E-state index is 11.8. The van der Waals surface area contributed by atoms with Crippen molar-refractivity contribution in [2.45, 2.75) is 6.54 Å². The van der Waals surface area contributed by atoms with Gasteiger partial charge in [-0.05, 0) is 29.0 Å². The summed E-state index contributed by atoms with van der Waals surface area (Å²) >= 11 is 3.07. The highest BCUT2D eigenvalue weighted by molar-refractivity contribution is 7.10. The minimum atomic E-state index is -0.334. The minimum Gasteiger partial charge on any atom is -0.347 e. The molecule has 0 fully saturated rings. The molecule has 0 radical (unpaired) electrons. The zero-order valence-corrected chi connectivity index (χ0v) is 11.1. The van der Waals surface area contributed by atoms with E-state index in [2.05, 4.69) is 5.32 Å². The molecular formula is C13H10N2OS2. The van der Waals surface area contributed by atoms with Crippen LogP contribution in [0.3, 0.4) is 0 Å². The van der Waals surface area contributed by atoms with Gasteiger partial charge in [-0.2, -0.15) is 5.26 Å². The summed E-state index contributed by atoms with van der Waals surface area (Å²) in [6.07, 6.45) is 1.61. The van der Waals surface area contributed by atoms with Gasteiger partial charge in [-0.25, -0.2) is 0 Å². The molecule has 2 aromatic heterocycles. The predicted molar refractivity (Wildman–Crippen MR) is 74.1 cm³/mol. The summed E-state index contributed by atoms with van der Waals surface area (Å²) in [6.45, 7) is 0.458. The van der Waals surface area contributed by atoms with E-state index in [0.29, 0.717) is 6.54 Å². The fraction of sp³-hybridized carbons (Fsp3) is 0.0769. The normalized spacial score (nSPS) is 10.9. The molecule has 0 aliphatic rings. The maximum Gasteiger partial charge on any atom is 0.262 e. The summed E-state index contributed by atoms with van der Waals surface area (Å²) in [5, 5.41) is 15.6. The molecular weight excluding hydrogens is 264 g/mol. The van der Waals surface area contributed by atoms with Gasteiger partial charge >= 0.3 is 0 Å². The van der Waals surface area contributed by atoms with Crippen LogP contribution in [0.2, 0.25) is 0 Å². The van der Waals surface area contributed by atoms with Crippen LogP contribution in [0.4, 0.5) is 0 Å². The summed E-state index contributed by atoms with van der Waals surface area (Å²) in [7, 11) is 0. The quantitative estimate of drug-likeness (QED) is 0.688. The van der Waals surface area contributed by atoms with Gasteiger partial charge in [0, 0.05) is 9.75 Å². The van der Waals surface area contributed by atoms with Gasteiger partial charge in [-0.1, -0.05) is 12.1 Å². The van der Waals surface area contributed by atoms with Crippen molar-refractivity contribution in [3.63, 3.8) is 0 Å². The molecule has 1 amide bonds. The first-order chi connectivity index (χ1) is 8.79. The lowest BCUT2D eigenvalue weighted by atomic mass is 10.2. The molecule has 18 heavy (non-hydrogen) atoms. The van der Waals surface area contributed by atoms with Crippen LogP contribution < -0.4 is 5.32 Å². The SMILES string of the molecule is N#CC(=Cc1cccs1)C(=O)NCc1cccs1. The van der Waals surface area contributed by atoms with Crippen molar-refractivity contribution in [2.75, 3.05) is 0 Å². The monoisotopic (exact) mass is 274 g/mol. The van der Waals surface area contributed by atoms with Gasteiger partial charge in [-0.3, -0.25) is 4.79 Å². The maximum atomic E-state index is 11.8. The molecule has 0 spiro atoms. The molecule has 0 aliphatic heterocycles. The average Bonchev–Trinajstić information content (AvgIpc) is 3.06. The summed E-state index contributed by atoms with van der Waals surface area (Å²) in [5.74, 6) is -0.334. The minimum absolute atomic E-state index is 0.133. The number of amides is 1. The van der Waals surface area contributed by atoms with Crippen LogP contribution in [0, 0.1) is 11.3 Å². The Bertz CT molecular complexity index is 577. The first-order valence-corrected chi connectivity index (χ1v) is 7.01. The number of nitriles is 1. The lowest BCUT2D eigenvalue weighted by molar-refractivity contribution is -0.117. The van der Waals surface area contributed by atoms with Gasteiger partial charge in [0.2, 0.25) is 0 Å². The number of carbonyl (C=O) groups excluding carboxylic acids is 1. The van der Waals surface area contributed by atoms with E-state index >= 15 is 0 Å². The third-order valence-electron chi connectivity index (χ3n) is 2.20. The van der Waals surface area contributed by atoms with Gasteiger partial charge in [-0.15, -0.1) is 22.7 Å². The Hall–Kier alpha value is -1.90. The highest BCUT2D eigenvalue weighted by atomic mass is 32.1. The van der Waals surface area contributed by atoms with E-state index in [1.807, 2.05) is 41.1 Å². The van der Waals surface area contributed by atoms with Crippen LogP contribution in [0.25, 0.3) is 6.08 Å². The summed E-state index contributed by atoms with van der Waals surface area (Å²) in [5.41, 5.74) is 0.133.